The van der Waals surface area contributed by atoms with E-state index >= 15 is 0 Å². The normalized spacial score (nSPS) is 11.4. The highest BCUT2D eigenvalue weighted by atomic mass is 35.5. The molecule has 0 N–H and O–H groups in total. The van der Waals surface area contributed by atoms with Crippen molar-refractivity contribution < 1.29 is 22.4 Å². The topological polar surface area (TPSA) is 76.8 Å². The van der Waals surface area contributed by atoms with Gasteiger partial charge in [-0.2, -0.15) is 0 Å². The molecule has 0 saturated carbocycles. The summed E-state index contributed by atoms with van der Waals surface area (Å²) in [6, 6.07) is 9.16. The summed E-state index contributed by atoms with van der Waals surface area (Å²) in [5, 5.41) is 0.430. The van der Waals surface area contributed by atoms with Crippen molar-refractivity contribution >= 4 is 27.3 Å². The van der Waals surface area contributed by atoms with Crippen molar-refractivity contribution in [3.05, 3.63) is 53.4 Å². The lowest BCUT2D eigenvalue weighted by Crippen LogP contribution is -2.37. The molecule has 0 unspecified atom stereocenters. The van der Waals surface area contributed by atoms with E-state index < -0.39 is 21.5 Å². The minimum atomic E-state index is -3.75. The van der Waals surface area contributed by atoms with E-state index in [0.29, 0.717) is 17.4 Å². The molecule has 1 heterocycles. The highest BCUT2D eigenvalue weighted by Crippen LogP contribution is 2.16. The number of sulfone groups is 1. The van der Waals surface area contributed by atoms with Gasteiger partial charge in [0.05, 0.1) is 24.3 Å². The first-order valence-corrected chi connectivity index (χ1v) is 9.23. The van der Waals surface area contributed by atoms with E-state index in [2.05, 4.69) is 0 Å². The average Bonchev–Trinajstić information content (AvgIpc) is 3.04. The predicted molar refractivity (Wildman–Crippen MR) is 89.5 cm³/mol. The number of furan rings is 1. The molecular weight excluding hydrogens is 354 g/mol. The number of methoxy groups -OCH3 is 1. The Hall–Kier alpha value is -1.83. The van der Waals surface area contributed by atoms with Crippen LogP contribution in [0.15, 0.2) is 52.0 Å². The molecule has 24 heavy (non-hydrogen) atoms. The number of benzene rings is 1. The van der Waals surface area contributed by atoms with Crippen LogP contribution >= 0.6 is 11.6 Å². The van der Waals surface area contributed by atoms with Crippen LogP contribution in [0.4, 0.5) is 0 Å². The third kappa shape index (κ3) is 5.09. The zero-order valence-electron chi connectivity index (χ0n) is 13.1. The van der Waals surface area contributed by atoms with Crippen molar-refractivity contribution in [2.24, 2.45) is 0 Å². The van der Waals surface area contributed by atoms with Gasteiger partial charge in [0.2, 0.25) is 5.91 Å². The molecule has 0 spiro atoms. The van der Waals surface area contributed by atoms with Gasteiger partial charge in [-0.15, -0.1) is 0 Å². The molecule has 2 aromatic rings. The highest BCUT2D eigenvalue weighted by Gasteiger charge is 2.24. The summed E-state index contributed by atoms with van der Waals surface area (Å²) in [6.45, 7) is 0.755. The summed E-state index contributed by atoms with van der Waals surface area (Å²) in [5.74, 6) is -0.569. The first-order chi connectivity index (χ1) is 11.4. The summed E-state index contributed by atoms with van der Waals surface area (Å²) in [5.41, 5.74) is 0. The first kappa shape index (κ1) is 18.5. The lowest BCUT2D eigenvalue weighted by molar-refractivity contribution is -0.129. The molecular formula is C16H18ClNO5S. The van der Waals surface area contributed by atoms with Crippen molar-refractivity contribution in [2.45, 2.75) is 11.4 Å². The highest BCUT2D eigenvalue weighted by molar-refractivity contribution is 7.92. The molecule has 1 aromatic heterocycles. The van der Waals surface area contributed by atoms with Crippen LogP contribution in [0, 0.1) is 0 Å². The molecule has 0 radical (unpaired) electrons. The largest absolute Gasteiger partial charge is 0.467 e. The van der Waals surface area contributed by atoms with Gasteiger partial charge in [0.1, 0.15) is 11.5 Å². The van der Waals surface area contributed by atoms with Gasteiger partial charge < -0.3 is 14.1 Å². The van der Waals surface area contributed by atoms with E-state index in [0.717, 1.165) is 0 Å². The van der Waals surface area contributed by atoms with Crippen molar-refractivity contribution in [1.29, 1.82) is 0 Å². The van der Waals surface area contributed by atoms with Gasteiger partial charge in [0.25, 0.3) is 0 Å². The van der Waals surface area contributed by atoms with Gasteiger partial charge in [-0.3, -0.25) is 4.79 Å². The minimum Gasteiger partial charge on any atom is -0.467 e. The molecule has 8 heteroatoms. The van der Waals surface area contributed by atoms with Crippen LogP contribution in [0.2, 0.25) is 5.02 Å². The molecule has 130 valence electrons. The third-order valence-corrected chi connectivity index (χ3v) is 5.20. The van der Waals surface area contributed by atoms with Crippen molar-refractivity contribution in [3.8, 4) is 0 Å². The maximum atomic E-state index is 12.5. The lowest BCUT2D eigenvalue weighted by Gasteiger charge is -2.21. The number of carbonyl (C=O) groups excluding carboxylic acids is 1. The SMILES string of the molecule is COCCN(Cc1ccco1)C(=O)CS(=O)(=O)c1ccc(Cl)cc1. The second-order valence-corrected chi connectivity index (χ2v) is 7.53. The Morgan fingerprint density at radius 3 is 2.54 bits per heavy atom. The van der Waals surface area contributed by atoms with Crippen molar-refractivity contribution in [1.82, 2.24) is 4.90 Å². The fourth-order valence-corrected chi connectivity index (χ4v) is 3.41. The lowest BCUT2D eigenvalue weighted by atomic mass is 10.4. The van der Waals surface area contributed by atoms with Crippen molar-refractivity contribution in [3.63, 3.8) is 0 Å². The molecule has 0 fully saturated rings. The Labute approximate surface area is 145 Å². The fraction of sp³-hybridized carbons (Fsp3) is 0.312. The first-order valence-electron chi connectivity index (χ1n) is 7.20. The quantitative estimate of drug-likeness (QED) is 0.712. The fourth-order valence-electron chi connectivity index (χ4n) is 2.06. The molecule has 0 aliphatic carbocycles. The van der Waals surface area contributed by atoms with E-state index in [9.17, 15) is 13.2 Å². The zero-order chi connectivity index (χ0) is 17.6. The minimum absolute atomic E-state index is 0.0601. The van der Waals surface area contributed by atoms with Gasteiger partial charge >= 0.3 is 0 Å². The van der Waals surface area contributed by atoms with Crippen LogP contribution in [0.5, 0.6) is 0 Å². The summed E-state index contributed by atoms with van der Waals surface area (Å²) in [4.78, 5) is 13.9. The van der Waals surface area contributed by atoms with Gasteiger partial charge in [-0.25, -0.2) is 8.42 Å². The van der Waals surface area contributed by atoms with Crippen LogP contribution in [0.3, 0.4) is 0 Å². The standard InChI is InChI=1S/C16H18ClNO5S/c1-22-10-8-18(11-14-3-2-9-23-14)16(19)12-24(20,21)15-6-4-13(17)5-7-15/h2-7,9H,8,10-12H2,1H3. The Morgan fingerprint density at radius 1 is 1.25 bits per heavy atom. The zero-order valence-corrected chi connectivity index (χ0v) is 14.7. The van der Waals surface area contributed by atoms with Gasteiger partial charge in [0.15, 0.2) is 9.84 Å². The molecule has 0 saturated heterocycles. The van der Waals surface area contributed by atoms with Crippen LogP contribution in [0.25, 0.3) is 0 Å². The maximum absolute atomic E-state index is 12.5. The smallest absolute Gasteiger partial charge is 0.238 e. The summed E-state index contributed by atoms with van der Waals surface area (Å²) in [6.07, 6.45) is 1.50. The van der Waals surface area contributed by atoms with Gasteiger partial charge in [-0.05, 0) is 36.4 Å². The molecule has 1 aromatic carbocycles. The van der Waals surface area contributed by atoms with Gasteiger partial charge in [-0.1, -0.05) is 11.6 Å². The third-order valence-electron chi connectivity index (χ3n) is 3.33. The molecule has 0 bridgehead atoms. The van der Waals surface area contributed by atoms with E-state index in [-0.39, 0.29) is 18.0 Å². The predicted octanol–water partition coefficient (Wildman–Crippen LogP) is 2.38. The van der Waals surface area contributed by atoms with E-state index in [4.69, 9.17) is 20.8 Å². The molecule has 0 aliphatic rings. The molecule has 6 nitrogen and oxygen atoms in total. The van der Waals surface area contributed by atoms with Crippen LogP contribution < -0.4 is 0 Å². The Kier molecular flexibility index (Phi) is 6.42. The number of hydrogen-bond acceptors (Lipinski definition) is 5. The average molecular weight is 372 g/mol. The Bertz CT molecular complexity index is 756. The number of rotatable bonds is 8. The molecule has 2 rings (SSSR count). The van der Waals surface area contributed by atoms with Crippen LogP contribution in [-0.4, -0.2) is 45.2 Å². The second kappa shape index (κ2) is 8.32. The second-order valence-electron chi connectivity index (χ2n) is 5.10. The van der Waals surface area contributed by atoms with Gasteiger partial charge in [0, 0.05) is 18.7 Å². The number of carbonyl (C=O) groups is 1. The maximum Gasteiger partial charge on any atom is 0.238 e. The summed E-state index contributed by atoms with van der Waals surface area (Å²) in [7, 11) is -2.23. The molecule has 0 atom stereocenters. The van der Waals surface area contributed by atoms with Crippen LogP contribution in [0.1, 0.15) is 5.76 Å². The monoisotopic (exact) mass is 371 g/mol. The van der Waals surface area contributed by atoms with Crippen LogP contribution in [-0.2, 0) is 25.9 Å². The number of amides is 1. The number of hydrogen-bond donors (Lipinski definition) is 0. The van der Waals surface area contributed by atoms with E-state index in [1.807, 2.05) is 0 Å². The Morgan fingerprint density at radius 2 is 1.96 bits per heavy atom. The number of ether oxygens (including phenoxy) is 1. The van der Waals surface area contributed by atoms with Crippen molar-refractivity contribution in [2.75, 3.05) is 26.0 Å². The number of halogens is 1. The number of nitrogens with zero attached hydrogens (tertiary/aromatic N) is 1. The molecule has 1 amide bonds. The summed E-state index contributed by atoms with van der Waals surface area (Å²) >= 11 is 5.76. The van der Waals surface area contributed by atoms with E-state index in [1.54, 1.807) is 12.1 Å². The Balaban J connectivity index is 2.11. The van der Waals surface area contributed by atoms with E-state index in [1.165, 1.54) is 42.5 Å². The summed E-state index contributed by atoms with van der Waals surface area (Å²) < 4.78 is 35.0. The molecule has 0 aliphatic heterocycles.